The van der Waals surface area contributed by atoms with Gasteiger partial charge in [0.25, 0.3) is 0 Å². The van der Waals surface area contributed by atoms with E-state index in [-0.39, 0.29) is 17.4 Å². The zero-order valence-electron chi connectivity index (χ0n) is 14.7. The molecule has 1 aliphatic heterocycles. The minimum Gasteiger partial charge on any atom is -0.378 e. The first-order chi connectivity index (χ1) is 10.3. The Kier molecular flexibility index (Phi) is 5.51. The molecular weight excluding hydrogens is 278 g/mol. The molecule has 0 spiro atoms. The Morgan fingerprint density at radius 2 is 2.00 bits per heavy atom. The molecule has 0 aromatic rings. The van der Waals surface area contributed by atoms with Crippen LogP contribution in [0, 0.1) is 11.3 Å². The molecule has 5 nitrogen and oxygen atoms in total. The van der Waals surface area contributed by atoms with Crippen molar-refractivity contribution in [2.24, 2.45) is 17.1 Å². The molecule has 128 valence electrons. The predicted molar refractivity (Wildman–Crippen MR) is 88.6 cm³/mol. The van der Waals surface area contributed by atoms with Crippen LogP contribution in [0.2, 0.25) is 0 Å². The molecule has 2 fully saturated rings. The van der Waals surface area contributed by atoms with Crippen LogP contribution in [-0.4, -0.2) is 55.7 Å². The Labute approximate surface area is 134 Å². The molecule has 1 amide bonds. The van der Waals surface area contributed by atoms with Crippen LogP contribution >= 0.6 is 0 Å². The molecule has 1 saturated carbocycles. The fraction of sp³-hybridized carbons (Fsp3) is 0.941. The van der Waals surface area contributed by atoms with Crippen LogP contribution in [0.5, 0.6) is 0 Å². The van der Waals surface area contributed by atoms with Crippen LogP contribution < -0.4 is 11.1 Å². The number of nitrogens with one attached hydrogen (secondary N) is 1. The number of hydrogen-bond donors (Lipinski definition) is 2. The monoisotopic (exact) mass is 311 g/mol. The lowest BCUT2D eigenvalue weighted by Gasteiger charge is -2.57. The average molecular weight is 311 g/mol. The van der Waals surface area contributed by atoms with E-state index in [4.69, 9.17) is 10.5 Å². The fourth-order valence-corrected chi connectivity index (χ4v) is 3.72. The first kappa shape index (κ1) is 17.7. The van der Waals surface area contributed by atoms with Crippen molar-refractivity contribution in [1.82, 2.24) is 10.2 Å². The normalized spacial score (nSPS) is 32.5. The third-order valence-electron chi connectivity index (χ3n) is 5.91. The highest BCUT2D eigenvalue weighted by atomic mass is 16.5. The Morgan fingerprint density at radius 1 is 1.36 bits per heavy atom. The van der Waals surface area contributed by atoms with E-state index in [1.807, 2.05) is 20.8 Å². The molecule has 2 unspecified atom stereocenters. The van der Waals surface area contributed by atoms with Crippen LogP contribution in [0.3, 0.4) is 0 Å². The van der Waals surface area contributed by atoms with E-state index in [1.54, 1.807) is 0 Å². The minimum atomic E-state index is -0.792. The summed E-state index contributed by atoms with van der Waals surface area (Å²) < 4.78 is 5.68. The van der Waals surface area contributed by atoms with Gasteiger partial charge in [0.2, 0.25) is 5.91 Å². The van der Waals surface area contributed by atoms with Crippen molar-refractivity contribution in [1.29, 1.82) is 0 Å². The Balaban J connectivity index is 1.75. The van der Waals surface area contributed by atoms with Gasteiger partial charge in [-0.2, -0.15) is 0 Å². The topological polar surface area (TPSA) is 67.6 Å². The van der Waals surface area contributed by atoms with Crippen LogP contribution in [0.15, 0.2) is 0 Å². The number of piperidine rings is 1. The highest BCUT2D eigenvalue weighted by Gasteiger charge is 2.62. The van der Waals surface area contributed by atoms with E-state index < -0.39 is 5.54 Å². The van der Waals surface area contributed by atoms with E-state index in [2.05, 4.69) is 17.3 Å². The van der Waals surface area contributed by atoms with Gasteiger partial charge in [-0.3, -0.25) is 4.79 Å². The third-order valence-corrected chi connectivity index (χ3v) is 5.91. The molecule has 0 aromatic carbocycles. The third kappa shape index (κ3) is 3.31. The second-order valence-corrected chi connectivity index (χ2v) is 7.63. The molecule has 1 aliphatic carbocycles. The summed E-state index contributed by atoms with van der Waals surface area (Å²) in [5, 5.41) is 3.07. The summed E-state index contributed by atoms with van der Waals surface area (Å²) in [5.41, 5.74) is 5.29. The van der Waals surface area contributed by atoms with E-state index in [1.165, 1.54) is 25.9 Å². The number of ether oxygens (including phenoxy) is 1. The molecule has 2 aliphatic rings. The fourth-order valence-electron chi connectivity index (χ4n) is 3.72. The molecule has 22 heavy (non-hydrogen) atoms. The van der Waals surface area contributed by atoms with Gasteiger partial charge in [0.05, 0.1) is 6.10 Å². The highest BCUT2D eigenvalue weighted by molar-refractivity contribution is 5.88. The number of rotatable bonds is 6. The van der Waals surface area contributed by atoms with Crippen molar-refractivity contribution >= 4 is 5.91 Å². The van der Waals surface area contributed by atoms with Crippen LogP contribution in [0.4, 0.5) is 0 Å². The second kappa shape index (κ2) is 6.85. The van der Waals surface area contributed by atoms with Gasteiger partial charge in [0.1, 0.15) is 5.54 Å². The first-order valence-corrected chi connectivity index (χ1v) is 8.68. The molecular formula is C17H33N3O2. The summed E-state index contributed by atoms with van der Waals surface area (Å²) in [6.45, 7) is 9.80. The van der Waals surface area contributed by atoms with Crippen molar-refractivity contribution in [2.75, 3.05) is 33.3 Å². The summed E-state index contributed by atoms with van der Waals surface area (Å²) in [6.07, 6.45) is 4.23. The number of hydrogen-bond acceptors (Lipinski definition) is 4. The molecule has 1 saturated heterocycles. The van der Waals surface area contributed by atoms with Crippen molar-refractivity contribution < 1.29 is 9.53 Å². The largest absolute Gasteiger partial charge is 0.378 e. The second-order valence-electron chi connectivity index (χ2n) is 7.63. The SMILES string of the molecule is CCOC1CC(N)(C(=O)NCCC2CCN(C)CC2)C1(C)C. The van der Waals surface area contributed by atoms with Gasteiger partial charge in [-0.05, 0) is 52.2 Å². The van der Waals surface area contributed by atoms with Crippen molar-refractivity contribution in [3.05, 3.63) is 0 Å². The lowest BCUT2D eigenvalue weighted by atomic mass is 9.54. The highest BCUT2D eigenvalue weighted by Crippen LogP contribution is 2.49. The molecule has 1 heterocycles. The summed E-state index contributed by atoms with van der Waals surface area (Å²) >= 11 is 0. The summed E-state index contributed by atoms with van der Waals surface area (Å²) in [7, 11) is 2.17. The van der Waals surface area contributed by atoms with Crippen molar-refractivity contribution in [2.45, 2.75) is 58.1 Å². The summed E-state index contributed by atoms with van der Waals surface area (Å²) in [5.74, 6) is 0.720. The van der Waals surface area contributed by atoms with Crippen molar-refractivity contribution in [3.8, 4) is 0 Å². The molecule has 5 heteroatoms. The molecule has 2 atom stereocenters. The van der Waals surface area contributed by atoms with Gasteiger partial charge in [-0.25, -0.2) is 0 Å². The number of likely N-dealkylation sites (tertiary alicyclic amines) is 1. The van der Waals surface area contributed by atoms with Gasteiger partial charge in [0.15, 0.2) is 0 Å². The molecule has 0 radical (unpaired) electrons. The van der Waals surface area contributed by atoms with Crippen LogP contribution in [0.25, 0.3) is 0 Å². The molecule has 0 aromatic heterocycles. The van der Waals surface area contributed by atoms with Crippen LogP contribution in [0.1, 0.15) is 46.5 Å². The standard InChI is InChI=1S/C17H33N3O2/c1-5-22-14-12-17(18,16(14,2)3)15(21)19-9-6-13-7-10-20(4)11-8-13/h13-14H,5-12,18H2,1-4H3,(H,19,21). The number of carbonyl (C=O) groups excluding carboxylic acids is 1. The summed E-state index contributed by atoms with van der Waals surface area (Å²) in [4.78, 5) is 14.9. The number of nitrogens with zero attached hydrogens (tertiary/aromatic N) is 1. The van der Waals surface area contributed by atoms with Gasteiger partial charge in [-0.15, -0.1) is 0 Å². The van der Waals surface area contributed by atoms with Gasteiger partial charge in [0, 0.05) is 25.0 Å². The Morgan fingerprint density at radius 3 is 2.55 bits per heavy atom. The number of carbonyl (C=O) groups is 1. The smallest absolute Gasteiger partial charge is 0.240 e. The lowest BCUT2D eigenvalue weighted by molar-refractivity contribution is -0.170. The lowest BCUT2D eigenvalue weighted by Crippen LogP contribution is -2.75. The summed E-state index contributed by atoms with van der Waals surface area (Å²) in [6, 6.07) is 0. The van der Waals surface area contributed by atoms with Gasteiger partial charge in [-0.1, -0.05) is 13.8 Å². The maximum Gasteiger partial charge on any atom is 0.240 e. The number of nitrogens with two attached hydrogens (primary N) is 1. The molecule has 2 rings (SSSR count). The van der Waals surface area contributed by atoms with Gasteiger partial charge < -0.3 is 20.7 Å². The first-order valence-electron chi connectivity index (χ1n) is 8.68. The van der Waals surface area contributed by atoms with E-state index in [0.717, 1.165) is 18.9 Å². The van der Waals surface area contributed by atoms with E-state index in [9.17, 15) is 4.79 Å². The molecule has 0 bridgehead atoms. The average Bonchev–Trinajstić information content (AvgIpc) is 2.48. The zero-order chi connectivity index (χ0) is 16.4. The molecule has 3 N–H and O–H groups in total. The maximum absolute atomic E-state index is 12.5. The Bertz CT molecular complexity index is 391. The van der Waals surface area contributed by atoms with E-state index in [0.29, 0.717) is 13.0 Å². The number of amides is 1. The zero-order valence-corrected chi connectivity index (χ0v) is 14.7. The van der Waals surface area contributed by atoms with Gasteiger partial charge >= 0.3 is 0 Å². The quantitative estimate of drug-likeness (QED) is 0.777. The van der Waals surface area contributed by atoms with Crippen LogP contribution in [-0.2, 0) is 9.53 Å². The van der Waals surface area contributed by atoms with E-state index >= 15 is 0 Å². The Hall–Kier alpha value is -0.650. The minimum absolute atomic E-state index is 0.0126. The van der Waals surface area contributed by atoms with Crippen molar-refractivity contribution in [3.63, 3.8) is 0 Å². The maximum atomic E-state index is 12.5. The predicted octanol–water partition coefficient (Wildman–Crippen LogP) is 1.37.